The second-order valence-electron chi connectivity index (χ2n) is 10.8. The van der Waals surface area contributed by atoms with E-state index in [0.717, 1.165) is 27.3 Å². The molecule has 0 heterocycles. The highest BCUT2D eigenvalue weighted by Crippen LogP contribution is 2.37. The molecule has 236 valence electrons. The van der Waals surface area contributed by atoms with Gasteiger partial charge in [0, 0.05) is 27.4 Å². The molecule has 0 aliphatic heterocycles. The number of aryl methyl sites for hydroxylation is 2. The maximum Gasteiger partial charge on any atom is 0.272 e. The molecular formula is C39H35N3O4S. The van der Waals surface area contributed by atoms with E-state index in [-0.39, 0.29) is 11.6 Å². The van der Waals surface area contributed by atoms with Crippen LogP contribution in [0.15, 0.2) is 138 Å². The molecule has 0 bridgehead atoms. The maximum atomic E-state index is 13.6. The van der Waals surface area contributed by atoms with Crippen molar-refractivity contribution in [3.8, 4) is 5.75 Å². The number of amides is 3. The normalized spacial score (nSPS) is 11.7. The second kappa shape index (κ2) is 15.6. The minimum Gasteiger partial charge on any atom is -0.496 e. The van der Waals surface area contributed by atoms with Crippen molar-refractivity contribution < 1.29 is 19.1 Å². The summed E-state index contributed by atoms with van der Waals surface area (Å²) in [5.41, 5.74) is 5.33. The van der Waals surface area contributed by atoms with Gasteiger partial charge in [0.05, 0.1) is 7.11 Å². The largest absolute Gasteiger partial charge is 0.496 e. The molecule has 3 N–H and O–H groups in total. The number of carbonyl (C=O) groups is 3. The first-order valence-electron chi connectivity index (χ1n) is 15.0. The summed E-state index contributed by atoms with van der Waals surface area (Å²) in [6.07, 6.45) is 1.58. The lowest BCUT2D eigenvalue weighted by Crippen LogP contribution is -2.30. The third-order valence-corrected chi connectivity index (χ3v) is 8.59. The van der Waals surface area contributed by atoms with Gasteiger partial charge in [0.25, 0.3) is 11.8 Å². The monoisotopic (exact) mass is 641 g/mol. The third-order valence-electron chi connectivity index (χ3n) is 7.33. The Morgan fingerprint density at radius 2 is 1.40 bits per heavy atom. The van der Waals surface area contributed by atoms with E-state index in [4.69, 9.17) is 4.74 Å². The number of benzene rings is 5. The van der Waals surface area contributed by atoms with Gasteiger partial charge in [-0.3, -0.25) is 14.4 Å². The molecule has 7 nitrogen and oxygen atoms in total. The Balaban J connectivity index is 1.35. The molecule has 0 radical (unpaired) electrons. The van der Waals surface area contributed by atoms with E-state index in [9.17, 15) is 14.4 Å². The highest BCUT2D eigenvalue weighted by molar-refractivity contribution is 8.00. The van der Waals surface area contributed by atoms with Gasteiger partial charge >= 0.3 is 0 Å². The number of nitrogens with one attached hydrogen (secondary N) is 3. The van der Waals surface area contributed by atoms with E-state index in [0.29, 0.717) is 22.6 Å². The maximum absolute atomic E-state index is 13.6. The standard InChI is InChI=1S/C39H35N3O4S/c1-26-18-19-27(2)33(24-26)41-39(45)36(28-12-6-4-7-13-28)47-32-22-20-31(21-23-32)40-38(44)34(25-30-16-10-11-17-35(30)46-3)42-37(43)29-14-8-5-9-15-29/h4-25,36H,1-3H3,(H,40,44)(H,41,45)(H,42,43)/b34-25-. The molecule has 0 aromatic heterocycles. The van der Waals surface area contributed by atoms with Gasteiger partial charge in [-0.15, -0.1) is 11.8 Å². The molecule has 5 aromatic rings. The fourth-order valence-electron chi connectivity index (χ4n) is 4.80. The summed E-state index contributed by atoms with van der Waals surface area (Å²) in [5, 5.41) is 8.23. The van der Waals surface area contributed by atoms with Crippen LogP contribution in [0.25, 0.3) is 6.08 Å². The van der Waals surface area contributed by atoms with Crippen molar-refractivity contribution in [2.24, 2.45) is 0 Å². The van der Waals surface area contributed by atoms with E-state index in [1.54, 1.807) is 61.7 Å². The first kappa shape index (κ1) is 32.8. The van der Waals surface area contributed by atoms with E-state index < -0.39 is 17.1 Å². The molecule has 1 unspecified atom stereocenters. The summed E-state index contributed by atoms with van der Waals surface area (Å²) >= 11 is 1.42. The van der Waals surface area contributed by atoms with Gasteiger partial charge in [0.1, 0.15) is 16.7 Å². The Morgan fingerprint density at radius 3 is 2.11 bits per heavy atom. The van der Waals surface area contributed by atoms with Crippen molar-refractivity contribution in [1.29, 1.82) is 0 Å². The summed E-state index contributed by atoms with van der Waals surface area (Å²) in [5.74, 6) is -0.495. The van der Waals surface area contributed by atoms with E-state index in [1.165, 1.54) is 11.8 Å². The van der Waals surface area contributed by atoms with Gasteiger partial charge in [0.15, 0.2) is 0 Å². The first-order valence-corrected chi connectivity index (χ1v) is 15.9. The van der Waals surface area contributed by atoms with Crippen molar-refractivity contribution in [1.82, 2.24) is 5.32 Å². The molecule has 47 heavy (non-hydrogen) atoms. The lowest BCUT2D eigenvalue weighted by Gasteiger charge is -2.18. The molecule has 5 aromatic carbocycles. The lowest BCUT2D eigenvalue weighted by molar-refractivity contribution is -0.116. The van der Waals surface area contributed by atoms with Crippen molar-refractivity contribution in [2.75, 3.05) is 17.7 Å². The van der Waals surface area contributed by atoms with Gasteiger partial charge in [-0.05, 0) is 85.1 Å². The number of ether oxygens (including phenoxy) is 1. The second-order valence-corrected chi connectivity index (χ2v) is 12.0. The van der Waals surface area contributed by atoms with Crippen LogP contribution in [0.2, 0.25) is 0 Å². The molecule has 8 heteroatoms. The lowest BCUT2D eigenvalue weighted by atomic mass is 10.1. The number of thioether (sulfide) groups is 1. The van der Waals surface area contributed by atoms with Gasteiger partial charge < -0.3 is 20.7 Å². The van der Waals surface area contributed by atoms with Crippen molar-refractivity contribution in [3.63, 3.8) is 0 Å². The smallest absolute Gasteiger partial charge is 0.272 e. The van der Waals surface area contributed by atoms with Crippen LogP contribution in [-0.2, 0) is 9.59 Å². The van der Waals surface area contributed by atoms with Crippen LogP contribution >= 0.6 is 11.8 Å². The number of hydrogen-bond donors (Lipinski definition) is 3. The highest BCUT2D eigenvalue weighted by atomic mass is 32.2. The van der Waals surface area contributed by atoms with E-state index in [1.807, 2.05) is 92.7 Å². The molecule has 5 rings (SSSR count). The average Bonchev–Trinajstić information content (AvgIpc) is 3.10. The highest BCUT2D eigenvalue weighted by Gasteiger charge is 2.23. The molecule has 0 fully saturated rings. The summed E-state index contributed by atoms with van der Waals surface area (Å²) in [6, 6.07) is 38.8. The van der Waals surface area contributed by atoms with Crippen LogP contribution in [0, 0.1) is 13.8 Å². The van der Waals surface area contributed by atoms with Crippen molar-refractivity contribution in [2.45, 2.75) is 24.0 Å². The quantitative estimate of drug-likeness (QED) is 0.0998. The minimum absolute atomic E-state index is 0.0501. The summed E-state index contributed by atoms with van der Waals surface area (Å²) < 4.78 is 5.45. The average molecular weight is 642 g/mol. The van der Waals surface area contributed by atoms with Crippen LogP contribution in [0.4, 0.5) is 11.4 Å². The number of anilines is 2. The van der Waals surface area contributed by atoms with Crippen molar-refractivity contribution >= 4 is 46.9 Å². The molecule has 1 atom stereocenters. The Bertz CT molecular complexity index is 1890. The molecule has 0 saturated heterocycles. The molecule has 3 amide bonds. The zero-order valence-corrected chi connectivity index (χ0v) is 27.1. The van der Waals surface area contributed by atoms with Crippen LogP contribution < -0.4 is 20.7 Å². The Hall–Kier alpha value is -5.60. The summed E-state index contributed by atoms with van der Waals surface area (Å²) in [4.78, 5) is 41.0. The minimum atomic E-state index is -0.514. The Kier molecular flexibility index (Phi) is 10.9. The molecule has 0 aliphatic rings. The zero-order valence-electron chi connectivity index (χ0n) is 26.3. The summed E-state index contributed by atoms with van der Waals surface area (Å²) in [6.45, 7) is 3.96. The van der Waals surface area contributed by atoms with Crippen LogP contribution in [0.1, 0.15) is 37.9 Å². The van der Waals surface area contributed by atoms with Crippen molar-refractivity contribution in [3.05, 3.63) is 161 Å². The summed E-state index contributed by atoms with van der Waals surface area (Å²) in [7, 11) is 1.55. The van der Waals surface area contributed by atoms with E-state index in [2.05, 4.69) is 16.0 Å². The topological polar surface area (TPSA) is 96.5 Å². The predicted octanol–water partition coefficient (Wildman–Crippen LogP) is 8.19. The van der Waals surface area contributed by atoms with Gasteiger partial charge in [-0.2, -0.15) is 0 Å². The van der Waals surface area contributed by atoms with E-state index >= 15 is 0 Å². The number of rotatable bonds is 11. The number of hydrogen-bond acceptors (Lipinski definition) is 5. The zero-order chi connectivity index (χ0) is 33.2. The number of carbonyl (C=O) groups excluding carboxylic acids is 3. The van der Waals surface area contributed by atoms with Gasteiger partial charge in [-0.25, -0.2) is 0 Å². The van der Waals surface area contributed by atoms with Gasteiger partial charge in [0.2, 0.25) is 5.91 Å². The Labute approximate surface area is 279 Å². The third kappa shape index (κ3) is 8.77. The first-order chi connectivity index (χ1) is 22.8. The Morgan fingerprint density at radius 1 is 0.745 bits per heavy atom. The van der Waals surface area contributed by atoms with Crippen LogP contribution in [0.3, 0.4) is 0 Å². The molecule has 0 saturated carbocycles. The molecule has 0 aliphatic carbocycles. The van der Waals surface area contributed by atoms with Crippen LogP contribution in [-0.4, -0.2) is 24.8 Å². The fourth-order valence-corrected chi connectivity index (χ4v) is 5.83. The number of para-hydroxylation sites is 1. The van der Waals surface area contributed by atoms with Gasteiger partial charge in [-0.1, -0.05) is 78.9 Å². The number of methoxy groups -OCH3 is 1. The fraction of sp³-hybridized carbons (Fsp3) is 0.103. The SMILES string of the molecule is COc1ccccc1/C=C(\NC(=O)c1ccccc1)C(=O)Nc1ccc(SC(C(=O)Nc2cc(C)ccc2C)c2ccccc2)cc1. The predicted molar refractivity (Wildman–Crippen MR) is 190 cm³/mol. The molecule has 0 spiro atoms. The molecular weight excluding hydrogens is 607 g/mol. The van der Waals surface area contributed by atoms with Crippen LogP contribution in [0.5, 0.6) is 5.75 Å².